The largest absolute Gasteiger partial charge is 0.397 e. The van der Waals surface area contributed by atoms with E-state index in [2.05, 4.69) is 4.98 Å². The van der Waals surface area contributed by atoms with Crippen molar-refractivity contribution in [3.63, 3.8) is 0 Å². The van der Waals surface area contributed by atoms with Gasteiger partial charge in [0.25, 0.3) is 0 Å². The second-order valence-corrected chi connectivity index (χ2v) is 2.92. The fourth-order valence-electron chi connectivity index (χ4n) is 1.04. The summed E-state index contributed by atoms with van der Waals surface area (Å²) >= 11 is 0. The first-order chi connectivity index (χ1) is 6.24. The highest BCUT2D eigenvalue weighted by atomic mass is 14.7. The first-order valence-corrected chi connectivity index (χ1v) is 4.33. The molecule has 0 unspecified atom stereocenters. The van der Waals surface area contributed by atoms with E-state index in [4.69, 9.17) is 11.5 Å². The van der Waals surface area contributed by atoms with Crippen LogP contribution in [0.4, 0.5) is 5.69 Å². The molecule has 1 aromatic rings. The van der Waals surface area contributed by atoms with Crippen molar-refractivity contribution >= 4 is 11.8 Å². The Kier molecular flexibility index (Phi) is 3.46. The van der Waals surface area contributed by atoms with Crippen molar-refractivity contribution in [1.29, 1.82) is 0 Å². The average Bonchev–Trinajstić information content (AvgIpc) is 2.11. The van der Waals surface area contributed by atoms with Crippen LogP contribution in [-0.4, -0.2) is 11.5 Å². The summed E-state index contributed by atoms with van der Waals surface area (Å²) in [6, 6.07) is 1.91. The molecule has 0 saturated carbocycles. The maximum atomic E-state index is 5.61. The molecule has 0 aliphatic rings. The van der Waals surface area contributed by atoms with Gasteiger partial charge in [0.15, 0.2) is 0 Å². The number of pyridine rings is 1. The zero-order valence-corrected chi connectivity index (χ0v) is 7.83. The molecule has 0 atom stereocenters. The third-order valence-corrected chi connectivity index (χ3v) is 1.78. The Morgan fingerprint density at radius 1 is 1.54 bits per heavy atom. The summed E-state index contributed by atoms with van der Waals surface area (Å²) in [7, 11) is 0. The molecule has 0 fully saturated rings. The molecule has 0 amide bonds. The number of rotatable bonds is 3. The number of hydrogen-bond acceptors (Lipinski definition) is 3. The van der Waals surface area contributed by atoms with Crippen molar-refractivity contribution in [2.75, 3.05) is 12.3 Å². The van der Waals surface area contributed by atoms with Crippen LogP contribution in [0.1, 0.15) is 17.7 Å². The van der Waals surface area contributed by atoms with Gasteiger partial charge in [0.1, 0.15) is 0 Å². The molecule has 1 aromatic heterocycles. The molecule has 0 saturated heterocycles. The molecule has 0 aliphatic carbocycles. The Balaban J connectivity index is 2.81. The van der Waals surface area contributed by atoms with E-state index in [1.165, 1.54) is 0 Å². The van der Waals surface area contributed by atoms with Gasteiger partial charge in [-0.05, 0) is 31.5 Å². The number of anilines is 1. The van der Waals surface area contributed by atoms with Gasteiger partial charge in [-0.25, -0.2) is 0 Å². The Hall–Kier alpha value is -1.35. The molecule has 13 heavy (non-hydrogen) atoms. The standard InChI is InChI=1S/C10H15N3/c1-8-9(4-2-3-5-11)6-10(12)7-13-8/h2,4,6-7H,3,5,11-12H2,1H3. The fraction of sp³-hybridized carbons (Fsp3) is 0.300. The van der Waals surface area contributed by atoms with Gasteiger partial charge in [-0.15, -0.1) is 0 Å². The van der Waals surface area contributed by atoms with Gasteiger partial charge >= 0.3 is 0 Å². The Morgan fingerprint density at radius 3 is 3.00 bits per heavy atom. The highest BCUT2D eigenvalue weighted by Gasteiger charge is 1.94. The van der Waals surface area contributed by atoms with Crippen LogP contribution in [0.3, 0.4) is 0 Å². The molecule has 0 radical (unpaired) electrons. The molecule has 0 aromatic carbocycles. The molecule has 0 spiro atoms. The highest BCUT2D eigenvalue weighted by Crippen LogP contribution is 2.11. The molecule has 3 nitrogen and oxygen atoms in total. The van der Waals surface area contributed by atoms with E-state index in [0.29, 0.717) is 12.2 Å². The minimum absolute atomic E-state index is 0.672. The van der Waals surface area contributed by atoms with Crippen LogP contribution in [0.25, 0.3) is 6.08 Å². The first-order valence-electron chi connectivity index (χ1n) is 4.33. The van der Waals surface area contributed by atoms with Gasteiger partial charge in [-0.1, -0.05) is 12.2 Å². The smallest absolute Gasteiger partial charge is 0.0506 e. The van der Waals surface area contributed by atoms with Crippen LogP contribution in [0.5, 0.6) is 0 Å². The lowest BCUT2D eigenvalue weighted by Crippen LogP contribution is -1.95. The molecule has 3 heteroatoms. The number of hydrogen-bond donors (Lipinski definition) is 2. The second kappa shape index (κ2) is 4.62. The Morgan fingerprint density at radius 2 is 2.31 bits per heavy atom. The molecule has 1 heterocycles. The van der Waals surface area contributed by atoms with Crippen molar-refractivity contribution in [3.05, 3.63) is 29.6 Å². The molecule has 70 valence electrons. The third-order valence-electron chi connectivity index (χ3n) is 1.78. The number of aryl methyl sites for hydroxylation is 1. The van der Waals surface area contributed by atoms with Gasteiger partial charge in [-0.2, -0.15) is 0 Å². The van der Waals surface area contributed by atoms with Crippen molar-refractivity contribution in [1.82, 2.24) is 4.98 Å². The maximum Gasteiger partial charge on any atom is 0.0506 e. The summed E-state index contributed by atoms with van der Waals surface area (Å²) in [6.45, 7) is 2.63. The highest BCUT2D eigenvalue weighted by molar-refractivity contribution is 5.56. The van der Waals surface area contributed by atoms with Gasteiger partial charge in [0.2, 0.25) is 0 Å². The molecule has 0 aliphatic heterocycles. The zero-order chi connectivity index (χ0) is 9.68. The fourth-order valence-corrected chi connectivity index (χ4v) is 1.04. The van der Waals surface area contributed by atoms with E-state index in [-0.39, 0.29) is 0 Å². The van der Waals surface area contributed by atoms with Crippen molar-refractivity contribution < 1.29 is 0 Å². The summed E-state index contributed by atoms with van der Waals surface area (Å²) in [4.78, 5) is 4.15. The van der Waals surface area contributed by atoms with E-state index in [1.807, 2.05) is 25.1 Å². The minimum atomic E-state index is 0.672. The molecule has 0 bridgehead atoms. The quantitative estimate of drug-likeness (QED) is 0.732. The van der Waals surface area contributed by atoms with Gasteiger partial charge in [-0.3, -0.25) is 4.98 Å². The summed E-state index contributed by atoms with van der Waals surface area (Å²) in [5.74, 6) is 0. The zero-order valence-electron chi connectivity index (χ0n) is 7.83. The van der Waals surface area contributed by atoms with Crippen molar-refractivity contribution in [3.8, 4) is 0 Å². The maximum absolute atomic E-state index is 5.61. The number of nitrogen functional groups attached to an aromatic ring is 1. The predicted molar refractivity (Wildman–Crippen MR) is 56.1 cm³/mol. The lowest BCUT2D eigenvalue weighted by atomic mass is 10.1. The van der Waals surface area contributed by atoms with Gasteiger partial charge in [0, 0.05) is 5.69 Å². The van der Waals surface area contributed by atoms with Crippen LogP contribution < -0.4 is 11.5 Å². The summed E-state index contributed by atoms with van der Waals surface area (Å²) in [6.07, 6.45) is 6.58. The van der Waals surface area contributed by atoms with E-state index < -0.39 is 0 Å². The second-order valence-electron chi connectivity index (χ2n) is 2.92. The van der Waals surface area contributed by atoms with Crippen LogP contribution in [0.2, 0.25) is 0 Å². The van der Waals surface area contributed by atoms with Crippen molar-refractivity contribution in [2.24, 2.45) is 5.73 Å². The molecule has 4 N–H and O–H groups in total. The Bertz CT molecular complexity index is 305. The third kappa shape index (κ3) is 2.87. The topological polar surface area (TPSA) is 64.9 Å². The molecule has 1 rings (SSSR count). The molecular formula is C10H15N3. The van der Waals surface area contributed by atoms with E-state index in [1.54, 1.807) is 6.20 Å². The van der Waals surface area contributed by atoms with Gasteiger partial charge in [0.05, 0.1) is 11.9 Å². The predicted octanol–water partition coefficient (Wildman–Crippen LogP) is 1.33. The van der Waals surface area contributed by atoms with Gasteiger partial charge < -0.3 is 11.5 Å². The Labute approximate surface area is 78.5 Å². The average molecular weight is 177 g/mol. The first kappa shape index (κ1) is 9.74. The number of nitrogens with two attached hydrogens (primary N) is 2. The van der Waals surface area contributed by atoms with Crippen LogP contribution in [-0.2, 0) is 0 Å². The monoisotopic (exact) mass is 177 g/mol. The SMILES string of the molecule is Cc1ncc(N)cc1C=CCCN. The van der Waals surface area contributed by atoms with E-state index >= 15 is 0 Å². The number of nitrogens with zero attached hydrogens (tertiary/aromatic N) is 1. The van der Waals surface area contributed by atoms with Crippen LogP contribution in [0.15, 0.2) is 18.3 Å². The van der Waals surface area contributed by atoms with Crippen LogP contribution in [0, 0.1) is 6.92 Å². The lowest BCUT2D eigenvalue weighted by molar-refractivity contribution is 1.01. The van der Waals surface area contributed by atoms with E-state index in [0.717, 1.165) is 17.7 Å². The van der Waals surface area contributed by atoms with E-state index in [9.17, 15) is 0 Å². The summed E-state index contributed by atoms with van der Waals surface area (Å²) < 4.78 is 0. The minimum Gasteiger partial charge on any atom is -0.397 e. The summed E-state index contributed by atoms with van der Waals surface area (Å²) in [5.41, 5.74) is 13.7. The van der Waals surface area contributed by atoms with Crippen LogP contribution >= 0.6 is 0 Å². The van der Waals surface area contributed by atoms with Crippen molar-refractivity contribution in [2.45, 2.75) is 13.3 Å². The normalized spacial score (nSPS) is 10.9. The summed E-state index contributed by atoms with van der Waals surface area (Å²) in [5, 5.41) is 0. The molecular weight excluding hydrogens is 162 g/mol. The lowest BCUT2D eigenvalue weighted by Gasteiger charge is -2.00. The number of aromatic nitrogens is 1.